The molecular formula is C18H28N2OSSi. The number of hydrogen-bond donors (Lipinski definition) is 1. The average Bonchev–Trinajstić information content (AvgIpc) is 3.32. The van der Waals surface area contributed by atoms with E-state index in [1.54, 1.807) is 11.8 Å². The summed E-state index contributed by atoms with van der Waals surface area (Å²) in [5.41, 5.74) is 2.31. The lowest BCUT2D eigenvalue weighted by Crippen LogP contribution is -2.27. The minimum absolute atomic E-state index is 0.0637. The zero-order chi connectivity index (χ0) is 17.0. The van der Waals surface area contributed by atoms with Crippen LogP contribution < -0.4 is 5.32 Å². The topological polar surface area (TPSA) is 41.5 Å². The lowest BCUT2D eigenvalue weighted by molar-refractivity contribution is -0.122. The number of nitrogens with zero attached hydrogens (tertiary/aromatic N) is 1. The zero-order valence-electron chi connectivity index (χ0n) is 14.8. The number of aliphatic imine (C=N–C) groups is 1. The van der Waals surface area contributed by atoms with Crippen LogP contribution in [0.15, 0.2) is 29.3 Å². The van der Waals surface area contributed by atoms with Gasteiger partial charge in [0.1, 0.15) is 0 Å². The fourth-order valence-corrected chi connectivity index (χ4v) is 3.57. The van der Waals surface area contributed by atoms with E-state index in [2.05, 4.69) is 55.5 Å². The quantitative estimate of drug-likeness (QED) is 0.474. The molecule has 126 valence electrons. The van der Waals surface area contributed by atoms with Crippen LogP contribution in [0.1, 0.15) is 36.9 Å². The number of carbonyl (C=O) groups excluding carboxylic acids is 1. The first-order chi connectivity index (χ1) is 10.8. The highest BCUT2D eigenvalue weighted by Gasteiger charge is 2.30. The number of nitrogens with one attached hydrogen (secondary N) is 1. The number of rotatable bonds is 6. The van der Waals surface area contributed by atoms with Crippen LogP contribution >= 0.6 is 11.8 Å². The molecule has 1 aromatic carbocycles. The van der Waals surface area contributed by atoms with Crippen molar-refractivity contribution in [2.75, 3.05) is 12.4 Å². The van der Waals surface area contributed by atoms with Crippen molar-refractivity contribution in [3.8, 4) is 0 Å². The van der Waals surface area contributed by atoms with Crippen molar-refractivity contribution in [2.24, 2.45) is 10.9 Å². The third-order valence-electron chi connectivity index (χ3n) is 3.85. The molecule has 5 heteroatoms. The fourth-order valence-electron chi connectivity index (χ4n) is 2.26. The van der Waals surface area contributed by atoms with Gasteiger partial charge in [0, 0.05) is 17.6 Å². The smallest absolute Gasteiger partial charge is 0.223 e. The molecule has 0 aliphatic heterocycles. The van der Waals surface area contributed by atoms with Crippen LogP contribution in [0.5, 0.6) is 0 Å². The van der Waals surface area contributed by atoms with Gasteiger partial charge in [0.25, 0.3) is 0 Å². The van der Waals surface area contributed by atoms with Crippen LogP contribution in [0.2, 0.25) is 19.6 Å². The summed E-state index contributed by atoms with van der Waals surface area (Å²) < 4.78 is 0. The largest absolute Gasteiger partial charge is 0.349 e. The Labute approximate surface area is 145 Å². The molecule has 2 rings (SSSR count). The average molecular weight is 349 g/mol. The van der Waals surface area contributed by atoms with Gasteiger partial charge in [0.15, 0.2) is 0 Å². The Balaban J connectivity index is 2.03. The number of amides is 1. The first-order valence-corrected chi connectivity index (χ1v) is 13.2. The first kappa shape index (κ1) is 18.3. The molecule has 0 heterocycles. The van der Waals surface area contributed by atoms with Gasteiger partial charge < -0.3 is 5.32 Å². The highest BCUT2D eigenvalue weighted by Crippen LogP contribution is 2.29. The van der Waals surface area contributed by atoms with Crippen LogP contribution in [0, 0.1) is 5.92 Å². The third-order valence-corrected chi connectivity index (χ3v) is 5.71. The molecule has 1 fully saturated rings. The van der Waals surface area contributed by atoms with Gasteiger partial charge in [-0.05, 0) is 31.6 Å². The highest BCUT2D eigenvalue weighted by molar-refractivity contribution is 8.13. The summed E-state index contributed by atoms with van der Waals surface area (Å²) >= 11 is 1.70. The molecule has 1 aliphatic rings. The molecule has 23 heavy (non-hydrogen) atoms. The van der Waals surface area contributed by atoms with Crippen molar-refractivity contribution in [3.63, 3.8) is 0 Å². The zero-order valence-corrected chi connectivity index (χ0v) is 16.7. The predicted molar refractivity (Wildman–Crippen MR) is 104 cm³/mol. The maximum Gasteiger partial charge on any atom is 0.223 e. The molecule has 3 nitrogen and oxygen atoms in total. The van der Waals surface area contributed by atoms with Crippen molar-refractivity contribution in [1.29, 1.82) is 0 Å². The normalized spacial score (nSPS) is 17.0. The Hall–Kier alpha value is -1.07. The molecule has 1 unspecified atom stereocenters. The molecule has 0 aromatic heterocycles. The predicted octanol–water partition coefficient (Wildman–Crippen LogP) is 4.26. The molecule has 1 atom stereocenters. The molecule has 0 spiro atoms. The summed E-state index contributed by atoms with van der Waals surface area (Å²) in [5.74, 6) is 0.455. The van der Waals surface area contributed by atoms with E-state index in [1.165, 1.54) is 5.56 Å². The van der Waals surface area contributed by atoms with E-state index in [0.29, 0.717) is 0 Å². The van der Waals surface area contributed by atoms with E-state index in [9.17, 15) is 4.79 Å². The van der Waals surface area contributed by atoms with E-state index < -0.39 is 8.07 Å². The van der Waals surface area contributed by atoms with E-state index in [0.717, 1.165) is 29.6 Å². The SMILES string of the molecule is CSC(=NC[Si](C)(C)C)c1ccc(C(C)NC(=O)C2CC2)cc1. The summed E-state index contributed by atoms with van der Waals surface area (Å²) in [5, 5.41) is 4.20. The molecule has 1 amide bonds. The molecule has 1 saturated carbocycles. The second-order valence-corrected chi connectivity index (χ2v) is 13.7. The Morgan fingerprint density at radius 2 is 1.91 bits per heavy atom. The Bertz CT molecular complexity index is 574. The Morgan fingerprint density at radius 1 is 1.30 bits per heavy atom. The van der Waals surface area contributed by atoms with Gasteiger partial charge in [-0.1, -0.05) is 43.9 Å². The minimum Gasteiger partial charge on any atom is -0.349 e. The minimum atomic E-state index is -1.17. The monoisotopic (exact) mass is 348 g/mol. The number of benzene rings is 1. The molecule has 0 saturated heterocycles. The highest BCUT2D eigenvalue weighted by atomic mass is 32.2. The van der Waals surface area contributed by atoms with Crippen molar-refractivity contribution < 1.29 is 4.79 Å². The number of thioether (sulfide) groups is 1. The third kappa shape index (κ3) is 5.81. The summed E-state index contributed by atoms with van der Waals surface area (Å²) in [6.07, 6.45) is 5.12. The maximum atomic E-state index is 11.9. The van der Waals surface area contributed by atoms with Gasteiger partial charge in [-0.15, -0.1) is 11.8 Å². The molecule has 1 aliphatic carbocycles. The van der Waals surface area contributed by atoms with Gasteiger partial charge in [0.2, 0.25) is 5.91 Å². The van der Waals surface area contributed by atoms with Crippen LogP contribution in [-0.2, 0) is 4.79 Å². The van der Waals surface area contributed by atoms with E-state index in [4.69, 9.17) is 4.99 Å². The van der Waals surface area contributed by atoms with Gasteiger partial charge in [-0.2, -0.15) is 0 Å². The van der Waals surface area contributed by atoms with Gasteiger partial charge in [-0.3, -0.25) is 9.79 Å². The lowest BCUT2D eigenvalue weighted by atomic mass is 10.1. The van der Waals surface area contributed by atoms with Crippen molar-refractivity contribution in [3.05, 3.63) is 35.4 Å². The fraction of sp³-hybridized carbons (Fsp3) is 0.556. The van der Waals surface area contributed by atoms with Crippen LogP contribution in [0.4, 0.5) is 0 Å². The molecule has 0 radical (unpaired) electrons. The van der Waals surface area contributed by atoms with Crippen molar-refractivity contribution in [1.82, 2.24) is 5.32 Å². The summed E-state index contributed by atoms with van der Waals surface area (Å²) in [7, 11) is -1.17. The Morgan fingerprint density at radius 3 is 2.39 bits per heavy atom. The molecular weight excluding hydrogens is 320 g/mol. The van der Waals surface area contributed by atoms with Crippen LogP contribution in [-0.4, -0.2) is 31.4 Å². The molecule has 1 N–H and O–H groups in total. The Kier molecular flexibility index (Phi) is 6.09. The second-order valence-electron chi connectivity index (χ2n) is 7.51. The summed E-state index contributed by atoms with van der Waals surface area (Å²) in [6.45, 7) is 9.05. The van der Waals surface area contributed by atoms with E-state index in [-0.39, 0.29) is 17.9 Å². The van der Waals surface area contributed by atoms with Crippen molar-refractivity contribution >= 4 is 30.8 Å². The summed E-state index contributed by atoms with van der Waals surface area (Å²) in [6, 6.07) is 8.51. The standard InChI is InChI=1S/C18H28N2OSSi/c1-13(20-17(21)15-8-9-15)14-6-10-16(11-7-14)18(22-2)19-12-23(3,4)5/h6-7,10-11,13,15H,8-9,12H2,1-5H3,(H,20,21). The first-order valence-electron chi connectivity index (χ1n) is 8.29. The summed E-state index contributed by atoms with van der Waals surface area (Å²) in [4.78, 5) is 16.7. The second kappa shape index (κ2) is 7.66. The lowest BCUT2D eigenvalue weighted by Gasteiger charge is -2.16. The van der Waals surface area contributed by atoms with Crippen molar-refractivity contribution in [2.45, 2.75) is 45.4 Å². The molecule has 0 bridgehead atoms. The van der Waals surface area contributed by atoms with Crippen LogP contribution in [0.3, 0.4) is 0 Å². The molecule has 1 aromatic rings. The van der Waals surface area contributed by atoms with Crippen LogP contribution in [0.25, 0.3) is 0 Å². The van der Waals surface area contributed by atoms with Gasteiger partial charge in [0.05, 0.1) is 19.2 Å². The number of hydrogen-bond acceptors (Lipinski definition) is 3. The van der Waals surface area contributed by atoms with E-state index in [1.807, 2.05) is 6.92 Å². The van der Waals surface area contributed by atoms with Gasteiger partial charge in [-0.25, -0.2) is 0 Å². The number of carbonyl (C=O) groups is 1. The van der Waals surface area contributed by atoms with E-state index >= 15 is 0 Å². The van der Waals surface area contributed by atoms with Gasteiger partial charge >= 0.3 is 0 Å². The maximum absolute atomic E-state index is 11.9.